The van der Waals surface area contributed by atoms with E-state index < -0.39 is 0 Å². The molecular weight excluding hydrogens is 389 g/mol. The number of aryl methyl sites for hydroxylation is 2. The van der Waals surface area contributed by atoms with Crippen molar-refractivity contribution >= 4 is 17.4 Å². The number of nitrogen functional groups attached to an aromatic ring is 1. The van der Waals surface area contributed by atoms with Crippen molar-refractivity contribution in [2.75, 3.05) is 11.1 Å². The molecule has 4 aromatic rings. The summed E-state index contributed by atoms with van der Waals surface area (Å²) < 4.78 is 19.5. The summed E-state index contributed by atoms with van der Waals surface area (Å²) in [5.41, 5.74) is 9.70. The van der Waals surface area contributed by atoms with Crippen LogP contribution in [0.5, 0.6) is 0 Å². The second kappa shape index (κ2) is 7.74. The second-order valence-corrected chi connectivity index (χ2v) is 6.76. The van der Waals surface area contributed by atoms with Crippen molar-refractivity contribution in [2.45, 2.75) is 20.4 Å². The average molecular weight is 407 g/mol. The number of nitrogens with zero attached hydrogens (tertiary/aromatic N) is 5. The van der Waals surface area contributed by atoms with Crippen LogP contribution in [0.25, 0.3) is 23.0 Å². The average Bonchev–Trinajstić information content (AvgIpc) is 3.33. The summed E-state index contributed by atoms with van der Waals surface area (Å²) in [4.78, 5) is 16.6. The fraction of sp³-hybridized carbons (Fsp3) is 0.150. The molecule has 10 heteroatoms. The number of nitrogens with one attached hydrogen (secondary N) is 1. The summed E-state index contributed by atoms with van der Waals surface area (Å²) in [5, 5.41) is 14.5. The maximum atomic E-state index is 13.1. The number of carbonyl (C=O) groups is 1. The number of anilines is 2. The highest BCUT2D eigenvalue weighted by Crippen LogP contribution is 2.25. The molecule has 4 rings (SSSR count). The number of hydrogen-bond acceptors (Lipinski definition) is 7. The molecule has 0 fully saturated rings. The van der Waals surface area contributed by atoms with E-state index in [0.717, 1.165) is 11.1 Å². The summed E-state index contributed by atoms with van der Waals surface area (Å²) in [6.45, 7) is 3.83. The number of rotatable bonds is 5. The van der Waals surface area contributed by atoms with E-state index in [0.29, 0.717) is 11.3 Å². The van der Waals surface area contributed by atoms with Gasteiger partial charge in [-0.3, -0.25) is 4.79 Å². The van der Waals surface area contributed by atoms with E-state index in [1.54, 1.807) is 0 Å². The molecule has 0 aliphatic heterocycles. The zero-order valence-electron chi connectivity index (χ0n) is 16.3. The van der Waals surface area contributed by atoms with E-state index in [2.05, 4.69) is 25.8 Å². The number of halogens is 1. The van der Waals surface area contributed by atoms with Crippen molar-refractivity contribution in [1.29, 1.82) is 0 Å². The minimum Gasteiger partial charge on any atom is -0.382 e. The van der Waals surface area contributed by atoms with Crippen molar-refractivity contribution in [3.05, 3.63) is 59.4 Å². The lowest BCUT2D eigenvalue weighted by molar-refractivity contribution is -0.116. The Balaban J connectivity index is 1.49. The third kappa shape index (κ3) is 3.88. The van der Waals surface area contributed by atoms with Gasteiger partial charge >= 0.3 is 0 Å². The molecule has 2 aromatic heterocycles. The highest BCUT2D eigenvalue weighted by Gasteiger charge is 2.20. The molecule has 2 aromatic carbocycles. The first-order valence-corrected chi connectivity index (χ1v) is 9.07. The molecular formula is C20H18FN7O2. The minimum absolute atomic E-state index is 0.0487. The van der Waals surface area contributed by atoms with Gasteiger partial charge in [0.25, 0.3) is 5.89 Å². The smallest absolute Gasteiger partial charge is 0.282 e. The SMILES string of the molecule is Cc1ccc(NC(=O)Cn2nnc(-c3nc(-c4ccc(F)cc4)no3)c2N)cc1C. The Morgan fingerprint density at radius 3 is 2.67 bits per heavy atom. The monoisotopic (exact) mass is 407 g/mol. The van der Waals surface area contributed by atoms with Crippen molar-refractivity contribution in [2.24, 2.45) is 0 Å². The van der Waals surface area contributed by atoms with E-state index in [4.69, 9.17) is 10.3 Å². The van der Waals surface area contributed by atoms with Crippen LogP contribution in [0.3, 0.4) is 0 Å². The van der Waals surface area contributed by atoms with Crippen LogP contribution in [0.1, 0.15) is 11.1 Å². The van der Waals surface area contributed by atoms with Gasteiger partial charge in [0.15, 0.2) is 11.5 Å². The van der Waals surface area contributed by atoms with Gasteiger partial charge in [-0.25, -0.2) is 9.07 Å². The molecule has 0 aliphatic carbocycles. The summed E-state index contributed by atoms with van der Waals surface area (Å²) in [5.74, 6) is -0.258. The number of carbonyl (C=O) groups excluding carboxylic acids is 1. The molecule has 3 N–H and O–H groups in total. The quantitative estimate of drug-likeness (QED) is 0.521. The van der Waals surface area contributed by atoms with Gasteiger partial charge in [-0.2, -0.15) is 4.98 Å². The lowest BCUT2D eigenvalue weighted by atomic mass is 10.1. The summed E-state index contributed by atoms with van der Waals surface area (Å²) in [7, 11) is 0. The zero-order valence-corrected chi connectivity index (χ0v) is 16.3. The Morgan fingerprint density at radius 1 is 1.17 bits per heavy atom. The van der Waals surface area contributed by atoms with Crippen molar-refractivity contribution in [3.8, 4) is 23.0 Å². The van der Waals surface area contributed by atoms with Gasteiger partial charge in [0.05, 0.1) is 0 Å². The van der Waals surface area contributed by atoms with Gasteiger partial charge in [0, 0.05) is 11.3 Å². The van der Waals surface area contributed by atoms with Crippen LogP contribution in [-0.4, -0.2) is 31.0 Å². The van der Waals surface area contributed by atoms with Crippen molar-refractivity contribution in [1.82, 2.24) is 25.1 Å². The largest absolute Gasteiger partial charge is 0.382 e. The second-order valence-electron chi connectivity index (χ2n) is 6.76. The molecule has 30 heavy (non-hydrogen) atoms. The third-order valence-electron chi connectivity index (χ3n) is 4.59. The molecule has 0 bridgehead atoms. The number of amides is 1. The summed E-state index contributed by atoms with van der Waals surface area (Å²) >= 11 is 0. The number of nitrogens with two attached hydrogens (primary N) is 1. The Morgan fingerprint density at radius 2 is 1.93 bits per heavy atom. The predicted molar refractivity (Wildman–Crippen MR) is 108 cm³/mol. The Labute approximate surface area is 170 Å². The van der Waals surface area contributed by atoms with Crippen LogP contribution in [0, 0.1) is 19.7 Å². The predicted octanol–water partition coefficient (Wildman–Crippen LogP) is 2.97. The fourth-order valence-electron chi connectivity index (χ4n) is 2.78. The van der Waals surface area contributed by atoms with Gasteiger partial charge < -0.3 is 15.6 Å². The first-order chi connectivity index (χ1) is 14.4. The lowest BCUT2D eigenvalue weighted by Crippen LogP contribution is -2.20. The van der Waals surface area contributed by atoms with Crippen LogP contribution in [-0.2, 0) is 11.3 Å². The molecule has 2 heterocycles. The van der Waals surface area contributed by atoms with Crippen molar-refractivity contribution in [3.63, 3.8) is 0 Å². The van der Waals surface area contributed by atoms with E-state index >= 15 is 0 Å². The Bertz CT molecular complexity index is 1210. The van der Waals surface area contributed by atoms with Gasteiger partial charge in [-0.15, -0.1) is 5.10 Å². The number of hydrogen-bond donors (Lipinski definition) is 2. The zero-order chi connectivity index (χ0) is 21.3. The topological polar surface area (TPSA) is 125 Å². The van der Waals surface area contributed by atoms with Gasteiger partial charge in [0.1, 0.15) is 12.4 Å². The standard InChI is InChI=1S/C20H18FN7O2/c1-11-3-8-15(9-12(11)2)23-16(29)10-28-18(22)17(25-27-28)20-24-19(26-30-20)13-4-6-14(21)7-5-13/h3-9H,10,22H2,1-2H3,(H,23,29). The molecule has 0 atom stereocenters. The molecule has 0 saturated carbocycles. The molecule has 9 nitrogen and oxygen atoms in total. The molecule has 152 valence electrons. The number of benzene rings is 2. The van der Waals surface area contributed by atoms with E-state index in [1.165, 1.54) is 28.9 Å². The molecule has 0 unspecified atom stereocenters. The minimum atomic E-state index is -0.367. The molecule has 0 aliphatic rings. The molecule has 0 spiro atoms. The van der Waals surface area contributed by atoms with Gasteiger partial charge in [-0.1, -0.05) is 16.4 Å². The first kappa shape index (κ1) is 19.2. The fourth-order valence-corrected chi connectivity index (χ4v) is 2.78. The molecule has 0 saturated heterocycles. The lowest BCUT2D eigenvalue weighted by Gasteiger charge is -2.08. The van der Waals surface area contributed by atoms with Crippen molar-refractivity contribution < 1.29 is 13.7 Å². The summed E-state index contributed by atoms with van der Waals surface area (Å²) in [6.07, 6.45) is 0. The van der Waals surface area contributed by atoms with Crippen LogP contribution in [0.15, 0.2) is 47.0 Å². The molecule has 1 amide bonds. The van der Waals surface area contributed by atoms with Crippen LogP contribution in [0.2, 0.25) is 0 Å². The number of aromatic nitrogens is 5. The normalized spacial score (nSPS) is 10.9. The Kier molecular flexibility index (Phi) is 4.97. The summed E-state index contributed by atoms with van der Waals surface area (Å²) in [6, 6.07) is 11.3. The van der Waals surface area contributed by atoms with E-state index in [9.17, 15) is 9.18 Å². The highest BCUT2D eigenvalue weighted by atomic mass is 19.1. The van der Waals surface area contributed by atoms with Crippen LogP contribution in [0.4, 0.5) is 15.9 Å². The highest BCUT2D eigenvalue weighted by molar-refractivity contribution is 5.91. The maximum Gasteiger partial charge on any atom is 0.282 e. The van der Waals surface area contributed by atoms with Gasteiger partial charge in [-0.05, 0) is 61.4 Å². The van der Waals surface area contributed by atoms with E-state index in [1.807, 2.05) is 32.0 Å². The van der Waals surface area contributed by atoms with Gasteiger partial charge in [0.2, 0.25) is 11.7 Å². The Hall–Kier alpha value is -4.08. The van der Waals surface area contributed by atoms with Crippen LogP contribution >= 0.6 is 0 Å². The van der Waals surface area contributed by atoms with E-state index in [-0.39, 0.29) is 41.5 Å². The van der Waals surface area contributed by atoms with Crippen LogP contribution < -0.4 is 11.1 Å². The first-order valence-electron chi connectivity index (χ1n) is 9.07. The molecule has 0 radical (unpaired) electrons. The third-order valence-corrected chi connectivity index (χ3v) is 4.59. The maximum absolute atomic E-state index is 13.1.